The zero-order valence-corrected chi connectivity index (χ0v) is 47.5. The number of hydrogen-bond donors (Lipinski definition) is 13. The van der Waals surface area contributed by atoms with Crippen LogP contribution in [0.5, 0.6) is 0 Å². The number of nitrogens with one attached hydrogen (secondary N) is 2. The highest BCUT2D eigenvalue weighted by Gasteiger charge is 2.52. The highest BCUT2D eigenvalue weighted by molar-refractivity contribution is 5.80. The van der Waals surface area contributed by atoms with Gasteiger partial charge in [-0.25, -0.2) is 0 Å². The minimum Gasteiger partial charge on any atom is -0.462 e. The molecule has 22 heteroatoms. The summed E-state index contributed by atoms with van der Waals surface area (Å²) in [4.78, 5) is 43.9. The van der Waals surface area contributed by atoms with Gasteiger partial charge in [-0.05, 0) is 54.0 Å². The Kier molecular flexibility index (Phi) is 29.0. The molecule has 2 amide bonds. The van der Waals surface area contributed by atoms with Crippen molar-refractivity contribution in [2.75, 3.05) is 39.8 Å². The number of carbonyl (C=O) groups excluding carboxylic acids is 3. The largest absolute Gasteiger partial charge is 0.462 e. The molecule has 13 N–H and O–H groups in total. The molecule has 0 aromatic rings. The summed E-state index contributed by atoms with van der Waals surface area (Å²) in [5.41, 5.74) is 0. The number of esters is 1. The number of ether oxygens (including phenoxy) is 4. The summed E-state index contributed by atoms with van der Waals surface area (Å²) >= 11 is 0. The van der Waals surface area contributed by atoms with Crippen LogP contribution in [0.2, 0.25) is 0 Å². The summed E-state index contributed by atoms with van der Waals surface area (Å²) in [6, 6.07) is -1.60. The maximum Gasteiger partial charge on any atom is 0.308 e. The van der Waals surface area contributed by atoms with E-state index >= 15 is 0 Å². The molecule has 3 saturated heterocycles. The molecule has 21 atom stereocenters. The number of rotatable bonds is 8. The molecule has 0 aromatic heterocycles. The van der Waals surface area contributed by atoms with Gasteiger partial charge in [0, 0.05) is 69.2 Å². The van der Waals surface area contributed by atoms with Crippen LogP contribution in [0, 0.1) is 17.8 Å². The lowest BCUT2D eigenvalue weighted by atomic mass is 9.81. The van der Waals surface area contributed by atoms with Crippen LogP contribution in [0.4, 0.5) is 0 Å². The first kappa shape index (κ1) is 68.4. The molecule has 22 nitrogen and oxygen atoms in total. The maximum atomic E-state index is 14.8. The molecule has 0 saturated carbocycles. The molecule has 4 aliphatic heterocycles. The molecule has 4 unspecified atom stereocenters. The van der Waals surface area contributed by atoms with E-state index in [-0.39, 0.29) is 69.9 Å². The first-order chi connectivity index (χ1) is 37.9. The number of aliphatic hydroxyl groups excluding tert-OH is 10. The van der Waals surface area contributed by atoms with Gasteiger partial charge >= 0.3 is 5.97 Å². The van der Waals surface area contributed by atoms with Crippen molar-refractivity contribution in [3.8, 4) is 0 Å². The van der Waals surface area contributed by atoms with E-state index in [0.717, 1.165) is 0 Å². The molecular formula is C58H94N4O18. The minimum atomic E-state index is -2.33. The molecular weight excluding hydrogens is 1040 g/mol. The van der Waals surface area contributed by atoms with E-state index in [2.05, 4.69) is 15.5 Å². The van der Waals surface area contributed by atoms with Gasteiger partial charge < -0.3 is 90.7 Å². The number of likely N-dealkylation sites (N-methyl/N-ethyl adjacent to an activating group) is 1. The van der Waals surface area contributed by atoms with Crippen molar-refractivity contribution < 1.29 is 89.5 Å². The van der Waals surface area contributed by atoms with Gasteiger partial charge in [-0.1, -0.05) is 98.9 Å². The number of allylic oxidation sites excluding steroid dienone is 12. The quantitative estimate of drug-likeness (QED) is 0.141. The Morgan fingerprint density at radius 1 is 0.688 bits per heavy atom. The monoisotopic (exact) mass is 1130 g/mol. The van der Waals surface area contributed by atoms with Gasteiger partial charge in [0.25, 0.3) is 0 Å². The van der Waals surface area contributed by atoms with Crippen molar-refractivity contribution in [2.24, 2.45) is 17.8 Å². The number of piperazine rings is 1. The Balaban J connectivity index is 1.69. The number of amides is 2. The summed E-state index contributed by atoms with van der Waals surface area (Å²) in [5, 5.41) is 128. The van der Waals surface area contributed by atoms with Crippen LogP contribution in [0.15, 0.2) is 85.1 Å². The molecule has 454 valence electrons. The third kappa shape index (κ3) is 21.6. The lowest BCUT2D eigenvalue weighted by Gasteiger charge is -2.49. The van der Waals surface area contributed by atoms with Crippen LogP contribution in [-0.2, 0) is 33.3 Å². The summed E-state index contributed by atoms with van der Waals surface area (Å²) in [6.45, 7) is 11.2. The highest BCUT2D eigenvalue weighted by atomic mass is 16.7. The van der Waals surface area contributed by atoms with Crippen LogP contribution >= 0.6 is 0 Å². The number of nitrogens with zero attached hydrogens (tertiary/aromatic N) is 2. The zero-order valence-electron chi connectivity index (χ0n) is 47.5. The van der Waals surface area contributed by atoms with E-state index in [4.69, 9.17) is 18.9 Å². The normalized spacial score (nSPS) is 42.4. The molecule has 4 rings (SSSR count). The molecule has 4 aliphatic rings. The van der Waals surface area contributed by atoms with E-state index in [1.54, 1.807) is 80.5 Å². The predicted molar refractivity (Wildman–Crippen MR) is 297 cm³/mol. The molecule has 0 spiro atoms. The van der Waals surface area contributed by atoms with Crippen LogP contribution in [0.1, 0.15) is 92.9 Å². The van der Waals surface area contributed by atoms with Gasteiger partial charge in [-0.15, -0.1) is 0 Å². The fourth-order valence-corrected chi connectivity index (χ4v) is 10.8. The SMILES string of the molecule is CNCC(=O)NC1[C@H](O)C(O[C@H]2/C=C/C=C/C=C/C=C/C=C/C=C/C=C/[C@H](C)[C@@H](O)[C@@H](C)[C@H](C)OC(=O)C[C@H](O)C[C@H](O)CC[C@@H](O)[C@H](O)C[C@H](O)C[C@]3(O)C[C@H](O)[C@@H](C(=O)N4CC(C)N(CCO)C(C)C4)[C@H](C2)O3)O[C@@H](C)[C@H]1O. The topological polar surface area (TPSA) is 341 Å². The molecule has 2 bridgehead atoms. The highest BCUT2D eigenvalue weighted by Crippen LogP contribution is 2.39. The predicted octanol–water partition coefficient (Wildman–Crippen LogP) is -0.0825. The third-order valence-electron chi connectivity index (χ3n) is 15.4. The average Bonchev–Trinajstić information content (AvgIpc) is 3.38. The van der Waals surface area contributed by atoms with Crippen molar-refractivity contribution in [3.63, 3.8) is 0 Å². The molecule has 0 aliphatic carbocycles. The standard InChI is InChI=1S/C58H94N4O18/c1-35-20-18-16-14-12-10-8-9-11-13-15-17-19-21-44(79-57-55(74)52(54(73)40(6)78-57)60-49(70)32-59-7)29-48-51(56(75)61-33-36(2)62(24-25-63)37(3)34-61)47(69)31-58(76,80-48)30-43(66)27-46(68)45(67)23-22-41(64)26-42(65)28-50(71)77-39(5)38(4)53(35)72/h8-21,35-48,51-55,57,59,63-69,72-74,76H,22-34H2,1-7H3,(H,60,70)/b9-8+,12-10+,13-11+,16-14+,17-15+,20-18+,21-19+/t35-,36?,37?,38-,39-,40-,41+,42+,43-,44-,45+,46+,47-,48-,51+,52?,53+,54+,55-,57?,58+/m0/s1. The molecule has 4 heterocycles. The molecule has 0 radical (unpaired) electrons. The molecule has 3 fully saturated rings. The molecule has 0 aromatic carbocycles. The van der Waals surface area contributed by atoms with Crippen LogP contribution in [0.3, 0.4) is 0 Å². The van der Waals surface area contributed by atoms with Crippen molar-refractivity contribution in [2.45, 2.75) is 202 Å². The fourth-order valence-electron chi connectivity index (χ4n) is 10.8. The van der Waals surface area contributed by atoms with Crippen molar-refractivity contribution in [1.82, 2.24) is 20.4 Å². The average molecular weight is 1140 g/mol. The number of hydrogen-bond acceptors (Lipinski definition) is 20. The Labute approximate surface area is 471 Å². The summed E-state index contributed by atoms with van der Waals surface area (Å²) in [5.74, 6) is -6.17. The Morgan fingerprint density at radius 2 is 1.27 bits per heavy atom. The second-order valence-corrected chi connectivity index (χ2v) is 22.2. The van der Waals surface area contributed by atoms with E-state index in [1.165, 1.54) is 6.92 Å². The van der Waals surface area contributed by atoms with Gasteiger partial charge in [0.15, 0.2) is 12.1 Å². The first-order valence-corrected chi connectivity index (χ1v) is 28.2. The maximum absolute atomic E-state index is 14.8. The van der Waals surface area contributed by atoms with Crippen molar-refractivity contribution in [3.05, 3.63) is 85.1 Å². The zero-order chi connectivity index (χ0) is 59.3. The number of aliphatic hydroxyl groups is 11. The first-order valence-electron chi connectivity index (χ1n) is 28.2. The Bertz CT molecular complexity index is 2100. The van der Waals surface area contributed by atoms with Gasteiger partial charge in [0.1, 0.15) is 18.3 Å². The third-order valence-corrected chi connectivity index (χ3v) is 15.4. The number of fused-ring (bicyclic) bond motifs is 2. The van der Waals surface area contributed by atoms with E-state index < -0.39 is 153 Å². The number of carbonyl (C=O) groups is 3. The van der Waals surface area contributed by atoms with Crippen molar-refractivity contribution >= 4 is 17.8 Å². The lowest BCUT2D eigenvalue weighted by molar-refractivity contribution is -0.308. The summed E-state index contributed by atoms with van der Waals surface area (Å²) < 4.78 is 24.3. The van der Waals surface area contributed by atoms with Gasteiger partial charge in [0.2, 0.25) is 11.8 Å². The van der Waals surface area contributed by atoms with Gasteiger partial charge in [-0.2, -0.15) is 0 Å². The number of β-amino-alcohol motifs (C(OH)–C–C–N with tert-alkyl or cyclic N) is 1. The summed E-state index contributed by atoms with van der Waals surface area (Å²) in [6.07, 6.45) is 3.48. The van der Waals surface area contributed by atoms with Gasteiger partial charge in [-0.3, -0.25) is 19.3 Å². The van der Waals surface area contributed by atoms with Crippen LogP contribution in [0.25, 0.3) is 0 Å². The van der Waals surface area contributed by atoms with E-state index in [0.29, 0.717) is 6.54 Å². The van der Waals surface area contributed by atoms with E-state index in [1.807, 2.05) is 51.2 Å². The van der Waals surface area contributed by atoms with Crippen LogP contribution in [-0.4, -0.2) is 233 Å². The second kappa shape index (κ2) is 33.9. The van der Waals surface area contributed by atoms with Crippen molar-refractivity contribution in [1.29, 1.82) is 0 Å². The smallest absolute Gasteiger partial charge is 0.308 e. The Hall–Kier alpha value is -4.05. The van der Waals surface area contributed by atoms with E-state index in [9.17, 15) is 70.6 Å². The number of cyclic esters (lactones) is 1. The minimum absolute atomic E-state index is 0.0896. The fraction of sp³-hybridized carbons (Fsp3) is 0.707. The Morgan fingerprint density at radius 3 is 1.86 bits per heavy atom. The van der Waals surface area contributed by atoms with Gasteiger partial charge in [0.05, 0.1) is 92.6 Å². The van der Waals surface area contributed by atoms with Crippen LogP contribution < -0.4 is 10.6 Å². The second-order valence-electron chi connectivity index (χ2n) is 22.2. The summed E-state index contributed by atoms with van der Waals surface area (Å²) in [7, 11) is 1.56. The molecule has 80 heavy (non-hydrogen) atoms. The lowest BCUT2D eigenvalue weighted by Crippen LogP contribution is -2.65.